The number of carbonyl (C=O) groups excluding carboxylic acids is 2. The van der Waals surface area contributed by atoms with E-state index in [1.807, 2.05) is 0 Å². The monoisotopic (exact) mass is 519 g/mol. The van der Waals surface area contributed by atoms with E-state index in [1.165, 1.54) is 12.4 Å². The molecule has 1 atom stereocenters. The lowest BCUT2D eigenvalue weighted by molar-refractivity contribution is -0.118. The molecule has 0 fully saturated rings. The Hall–Kier alpha value is -4.02. The summed E-state index contributed by atoms with van der Waals surface area (Å²) in [5.74, 6) is -0.840. The van der Waals surface area contributed by atoms with Crippen LogP contribution in [0.25, 0.3) is 10.8 Å². The predicted octanol–water partition coefficient (Wildman–Crippen LogP) is 3.62. The number of aromatic amines is 1. The number of H-pyrrole nitrogens is 1. The van der Waals surface area contributed by atoms with E-state index < -0.39 is 27.5 Å². The average Bonchev–Trinajstić information content (AvgIpc) is 3.35. The van der Waals surface area contributed by atoms with Gasteiger partial charge >= 0.3 is 0 Å². The summed E-state index contributed by atoms with van der Waals surface area (Å²) < 4.78 is 28.8. The Bertz CT molecular complexity index is 1510. The summed E-state index contributed by atoms with van der Waals surface area (Å²) in [6, 6.07) is 17.7. The van der Waals surface area contributed by atoms with Gasteiger partial charge < -0.3 is 15.6 Å². The molecule has 4 rings (SSSR count). The van der Waals surface area contributed by atoms with Crippen LogP contribution < -0.4 is 15.4 Å². The van der Waals surface area contributed by atoms with Gasteiger partial charge in [0.2, 0.25) is 15.9 Å². The van der Waals surface area contributed by atoms with Gasteiger partial charge in [0.25, 0.3) is 5.91 Å². The second kappa shape index (κ2) is 10.5. The van der Waals surface area contributed by atoms with Crippen LogP contribution in [0.2, 0.25) is 0 Å². The molecular weight excluding hydrogens is 490 g/mol. The number of hydrogen-bond donors (Lipinski definition) is 4. The summed E-state index contributed by atoms with van der Waals surface area (Å²) in [5.41, 5.74) is 0.868. The third kappa shape index (κ3) is 6.41. The molecule has 0 aliphatic carbocycles. The maximum atomic E-state index is 13.4. The van der Waals surface area contributed by atoms with Crippen molar-refractivity contribution in [1.29, 1.82) is 0 Å². The molecule has 2 amide bonds. The summed E-state index contributed by atoms with van der Waals surface area (Å²) in [5, 5.41) is 6.70. The Kier molecular flexibility index (Phi) is 7.42. The highest BCUT2D eigenvalue weighted by Crippen LogP contribution is 2.29. The molecule has 192 valence electrons. The number of carbonyl (C=O) groups is 2. The number of aromatic nitrogens is 2. The van der Waals surface area contributed by atoms with Crippen LogP contribution in [-0.2, 0) is 21.2 Å². The van der Waals surface area contributed by atoms with Crippen LogP contribution in [0.3, 0.4) is 0 Å². The number of hydrogen-bond acceptors (Lipinski definition) is 5. The van der Waals surface area contributed by atoms with Gasteiger partial charge in [0.1, 0.15) is 6.04 Å². The lowest BCUT2D eigenvalue weighted by Crippen LogP contribution is -2.45. The fourth-order valence-corrected chi connectivity index (χ4v) is 5.60. The van der Waals surface area contributed by atoms with E-state index in [2.05, 4.69) is 25.3 Å². The standard InChI is InChI=1S/C27H29N5O4S/c1-27(2,3)32-37(35,36)24-14-8-11-20-21(24)12-7-13-22(20)30-26(34)23(15-19-16-28-17-29-19)31-25(33)18-9-5-4-6-10-18/h4-14,16-17,23,32H,15H2,1-3H3,(H,28,29)(H,30,34)(H,31,33). The van der Waals surface area contributed by atoms with E-state index >= 15 is 0 Å². The van der Waals surface area contributed by atoms with E-state index in [-0.39, 0.29) is 17.2 Å². The summed E-state index contributed by atoms with van der Waals surface area (Å²) in [7, 11) is -3.82. The predicted molar refractivity (Wildman–Crippen MR) is 143 cm³/mol. The second-order valence-electron chi connectivity index (χ2n) is 9.67. The maximum Gasteiger partial charge on any atom is 0.251 e. The molecule has 0 radical (unpaired) electrons. The molecule has 9 nitrogen and oxygen atoms in total. The molecule has 0 aliphatic heterocycles. The minimum absolute atomic E-state index is 0.113. The Balaban J connectivity index is 1.65. The second-order valence-corrected chi connectivity index (χ2v) is 11.3. The molecule has 0 saturated heterocycles. The number of amides is 2. The van der Waals surface area contributed by atoms with E-state index in [1.54, 1.807) is 87.6 Å². The van der Waals surface area contributed by atoms with Gasteiger partial charge in [-0.3, -0.25) is 9.59 Å². The number of nitrogens with zero attached hydrogens (tertiary/aromatic N) is 1. The molecule has 0 bridgehead atoms. The fourth-order valence-electron chi connectivity index (χ4n) is 3.96. The van der Waals surface area contributed by atoms with E-state index in [4.69, 9.17) is 0 Å². The van der Waals surface area contributed by atoms with Gasteiger partial charge in [0, 0.05) is 45.9 Å². The first-order valence-electron chi connectivity index (χ1n) is 11.7. The number of nitrogens with one attached hydrogen (secondary N) is 4. The summed E-state index contributed by atoms with van der Waals surface area (Å²) in [6.45, 7) is 5.31. The minimum Gasteiger partial charge on any atom is -0.348 e. The number of fused-ring (bicyclic) bond motifs is 1. The van der Waals surface area contributed by atoms with Crippen molar-refractivity contribution >= 4 is 38.3 Å². The number of sulfonamides is 1. The van der Waals surface area contributed by atoms with E-state index in [9.17, 15) is 18.0 Å². The molecule has 4 N–H and O–H groups in total. The van der Waals surface area contributed by atoms with Crippen molar-refractivity contribution in [3.8, 4) is 0 Å². The molecule has 37 heavy (non-hydrogen) atoms. The molecule has 10 heteroatoms. The van der Waals surface area contributed by atoms with Crippen LogP contribution in [0.1, 0.15) is 36.8 Å². The first-order valence-corrected chi connectivity index (χ1v) is 13.2. The largest absolute Gasteiger partial charge is 0.348 e. The van der Waals surface area contributed by atoms with Crippen molar-refractivity contribution in [1.82, 2.24) is 20.0 Å². The molecule has 0 spiro atoms. The Labute approximate surface area is 215 Å². The molecule has 0 aliphatic rings. The highest BCUT2D eigenvalue weighted by molar-refractivity contribution is 7.89. The number of benzene rings is 3. The highest BCUT2D eigenvalue weighted by atomic mass is 32.2. The van der Waals surface area contributed by atoms with Crippen LogP contribution in [0, 0.1) is 0 Å². The van der Waals surface area contributed by atoms with Crippen molar-refractivity contribution in [3.05, 3.63) is 90.5 Å². The Morgan fingerprint density at radius 2 is 1.65 bits per heavy atom. The lowest BCUT2D eigenvalue weighted by Gasteiger charge is -2.22. The Morgan fingerprint density at radius 3 is 2.32 bits per heavy atom. The highest BCUT2D eigenvalue weighted by Gasteiger charge is 2.26. The van der Waals surface area contributed by atoms with Gasteiger partial charge in [-0.05, 0) is 45.0 Å². The van der Waals surface area contributed by atoms with Crippen molar-refractivity contribution in [2.75, 3.05) is 5.32 Å². The van der Waals surface area contributed by atoms with Crippen LogP contribution in [0.4, 0.5) is 5.69 Å². The van der Waals surface area contributed by atoms with Gasteiger partial charge in [-0.15, -0.1) is 0 Å². The summed E-state index contributed by atoms with van der Waals surface area (Å²) in [4.78, 5) is 33.3. The molecule has 1 unspecified atom stereocenters. The fraction of sp³-hybridized carbons (Fsp3) is 0.222. The molecule has 4 aromatic rings. The van der Waals surface area contributed by atoms with E-state index in [0.717, 1.165) is 0 Å². The van der Waals surface area contributed by atoms with Gasteiger partial charge in [-0.1, -0.05) is 42.5 Å². The number of anilines is 1. The molecule has 1 aromatic heterocycles. The first-order chi connectivity index (χ1) is 17.5. The van der Waals surface area contributed by atoms with Crippen LogP contribution in [-0.4, -0.2) is 41.8 Å². The Morgan fingerprint density at radius 1 is 0.946 bits per heavy atom. The van der Waals surface area contributed by atoms with E-state index in [0.29, 0.717) is 27.7 Å². The molecular formula is C27H29N5O4S. The van der Waals surface area contributed by atoms with Gasteiger partial charge in [-0.25, -0.2) is 18.1 Å². The third-order valence-electron chi connectivity index (χ3n) is 5.51. The summed E-state index contributed by atoms with van der Waals surface area (Å²) >= 11 is 0. The molecule has 3 aromatic carbocycles. The molecule has 1 heterocycles. The van der Waals surface area contributed by atoms with Crippen molar-refractivity contribution in [3.63, 3.8) is 0 Å². The average molecular weight is 520 g/mol. The van der Waals surface area contributed by atoms with Crippen molar-refractivity contribution in [2.45, 2.75) is 43.7 Å². The van der Waals surface area contributed by atoms with Crippen LogP contribution >= 0.6 is 0 Å². The van der Waals surface area contributed by atoms with Gasteiger partial charge in [-0.2, -0.15) is 0 Å². The topological polar surface area (TPSA) is 133 Å². The zero-order chi connectivity index (χ0) is 26.6. The zero-order valence-electron chi connectivity index (χ0n) is 20.8. The number of rotatable bonds is 8. The van der Waals surface area contributed by atoms with Gasteiger partial charge in [0.05, 0.1) is 11.2 Å². The smallest absolute Gasteiger partial charge is 0.251 e. The quantitative estimate of drug-likeness (QED) is 0.282. The SMILES string of the molecule is CC(C)(C)NS(=O)(=O)c1cccc2c(NC(=O)C(Cc3cnc[nH]3)NC(=O)c3ccccc3)cccc12. The van der Waals surface area contributed by atoms with Crippen LogP contribution in [0.15, 0.2) is 84.1 Å². The third-order valence-corrected chi connectivity index (χ3v) is 7.32. The normalized spacial score (nSPS) is 12.7. The zero-order valence-corrected chi connectivity index (χ0v) is 21.6. The van der Waals surface area contributed by atoms with Crippen LogP contribution in [0.5, 0.6) is 0 Å². The first kappa shape index (κ1) is 26.1. The number of imidazole rings is 1. The minimum atomic E-state index is -3.82. The summed E-state index contributed by atoms with van der Waals surface area (Å²) in [6.07, 6.45) is 3.28. The van der Waals surface area contributed by atoms with Crippen molar-refractivity contribution in [2.24, 2.45) is 0 Å². The molecule has 0 saturated carbocycles. The lowest BCUT2D eigenvalue weighted by atomic mass is 10.1. The maximum absolute atomic E-state index is 13.4. The van der Waals surface area contributed by atoms with Crippen molar-refractivity contribution < 1.29 is 18.0 Å². The van der Waals surface area contributed by atoms with Gasteiger partial charge in [0.15, 0.2) is 0 Å².